The van der Waals surface area contributed by atoms with Crippen molar-refractivity contribution in [2.24, 2.45) is 0 Å². The molecule has 242 valence electrons. The molecule has 5 nitrogen and oxygen atoms in total. The van der Waals surface area contributed by atoms with Gasteiger partial charge in [-0.3, -0.25) is 0 Å². The summed E-state index contributed by atoms with van der Waals surface area (Å²) in [7, 11) is 0. The highest BCUT2D eigenvalue weighted by molar-refractivity contribution is 5.29. The average Bonchev–Trinajstić information content (AvgIpc) is 3.12. The van der Waals surface area contributed by atoms with Crippen LogP contribution in [-0.4, -0.2) is 31.0 Å². The summed E-state index contributed by atoms with van der Waals surface area (Å²) in [6.07, 6.45) is -3.25. The third-order valence-corrected chi connectivity index (χ3v) is 8.41. The molecule has 1 aliphatic heterocycles. The largest absolute Gasteiger partial charge is 0.374 e. The van der Waals surface area contributed by atoms with Gasteiger partial charge in [-0.05, 0) is 34.7 Å². The quantitative estimate of drug-likeness (QED) is 0.123. The first kappa shape index (κ1) is 32.8. The highest BCUT2D eigenvalue weighted by Crippen LogP contribution is 2.40. The number of hydrogen-bond acceptors (Lipinski definition) is 5. The molecule has 6 heteroatoms. The predicted molar refractivity (Wildman–Crippen MR) is 180 cm³/mol. The van der Waals surface area contributed by atoms with E-state index >= 15 is 4.39 Å². The van der Waals surface area contributed by atoms with Gasteiger partial charge in [0.2, 0.25) is 0 Å². The Balaban J connectivity index is 1.36. The summed E-state index contributed by atoms with van der Waals surface area (Å²) < 4.78 is 49.2. The SMILES string of the molecule is Cc1cccc([C@@H]2O[C@H](COCc3ccccc3)[C@@H](OCc3ccccc3)[C@H](OCc3ccccc3)[C@H]2OCc2ccccc2)c1F. The van der Waals surface area contributed by atoms with E-state index in [4.69, 9.17) is 23.7 Å². The summed E-state index contributed by atoms with van der Waals surface area (Å²) in [5, 5.41) is 0. The molecule has 6 rings (SSSR count). The molecular weight excluding hydrogens is 591 g/mol. The lowest BCUT2D eigenvalue weighted by Crippen LogP contribution is -2.58. The molecule has 0 saturated carbocycles. The van der Waals surface area contributed by atoms with Gasteiger partial charge in [-0.2, -0.15) is 0 Å². The molecule has 1 heterocycles. The van der Waals surface area contributed by atoms with E-state index < -0.39 is 30.5 Å². The molecule has 47 heavy (non-hydrogen) atoms. The molecular formula is C41H41FO5. The Hall–Kier alpha value is -4.17. The Morgan fingerprint density at radius 3 is 1.47 bits per heavy atom. The van der Waals surface area contributed by atoms with Crippen molar-refractivity contribution in [2.75, 3.05) is 6.61 Å². The molecule has 0 unspecified atom stereocenters. The van der Waals surface area contributed by atoms with E-state index in [1.165, 1.54) is 0 Å². The summed E-state index contributed by atoms with van der Waals surface area (Å²) >= 11 is 0. The maximum atomic E-state index is 15.9. The lowest BCUT2D eigenvalue weighted by atomic mass is 9.89. The topological polar surface area (TPSA) is 46.2 Å². The van der Waals surface area contributed by atoms with Gasteiger partial charge in [-0.25, -0.2) is 4.39 Å². The minimum Gasteiger partial charge on any atom is -0.374 e. The lowest BCUT2D eigenvalue weighted by molar-refractivity contribution is -0.275. The lowest BCUT2D eigenvalue weighted by Gasteiger charge is -2.46. The molecule has 1 saturated heterocycles. The third-order valence-electron chi connectivity index (χ3n) is 8.41. The van der Waals surface area contributed by atoms with Crippen molar-refractivity contribution in [1.82, 2.24) is 0 Å². The third kappa shape index (κ3) is 8.80. The Kier molecular flexibility index (Phi) is 11.6. The Labute approximate surface area is 276 Å². The van der Waals surface area contributed by atoms with E-state index in [0.29, 0.717) is 37.6 Å². The first-order valence-electron chi connectivity index (χ1n) is 16.1. The van der Waals surface area contributed by atoms with Crippen LogP contribution in [-0.2, 0) is 50.1 Å². The van der Waals surface area contributed by atoms with Crippen LogP contribution in [0.2, 0.25) is 0 Å². The summed E-state index contributed by atoms with van der Waals surface area (Å²) in [6, 6.07) is 45.3. The van der Waals surface area contributed by atoms with Crippen molar-refractivity contribution in [2.45, 2.75) is 63.9 Å². The summed E-state index contributed by atoms with van der Waals surface area (Å²) in [6.45, 7) is 3.34. The van der Waals surface area contributed by atoms with Crippen LogP contribution in [0, 0.1) is 12.7 Å². The van der Waals surface area contributed by atoms with Crippen LogP contribution in [0.3, 0.4) is 0 Å². The monoisotopic (exact) mass is 632 g/mol. The second-order valence-corrected chi connectivity index (χ2v) is 11.9. The highest BCUT2D eigenvalue weighted by Gasteiger charge is 2.49. The Morgan fingerprint density at radius 2 is 0.957 bits per heavy atom. The summed E-state index contributed by atoms with van der Waals surface area (Å²) in [4.78, 5) is 0. The minimum atomic E-state index is -0.777. The fourth-order valence-electron chi connectivity index (χ4n) is 5.93. The maximum Gasteiger partial charge on any atom is 0.132 e. The van der Waals surface area contributed by atoms with Crippen LogP contribution in [0.15, 0.2) is 140 Å². The van der Waals surface area contributed by atoms with Crippen molar-refractivity contribution >= 4 is 0 Å². The molecule has 0 N–H and O–H groups in total. The normalized spacial score (nSPS) is 21.0. The van der Waals surface area contributed by atoms with Gasteiger partial charge < -0.3 is 23.7 Å². The van der Waals surface area contributed by atoms with Crippen molar-refractivity contribution < 1.29 is 28.1 Å². The second kappa shape index (κ2) is 16.6. The van der Waals surface area contributed by atoms with E-state index in [0.717, 1.165) is 22.3 Å². The number of rotatable bonds is 14. The van der Waals surface area contributed by atoms with Gasteiger partial charge in [0.25, 0.3) is 0 Å². The first-order chi connectivity index (χ1) is 23.2. The molecule has 1 aliphatic rings. The van der Waals surface area contributed by atoms with Crippen LogP contribution >= 0.6 is 0 Å². The molecule has 1 fully saturated rings. The predicted octanol–water partition coefficient (Wildman–Crippen LogP) is 8.55. The number of ether oxygens (including phenoxy) is 5. The van der Waals surface area contributed by atoms with Gasteiger partial charge in [0.15, 0.2) is 0 Å². The zero-order valence-corrected chi connectivity index (χ0v) is 26.6. The number of hydrogen-bond donors (Lipinski definition) is 0. The standard InChI is InChI=1S/C41H41FO5/c1-30-15-14-24-35(37(30)42)38-40(45-27-33-20-10-4-11-21-33)41(46-28-34-22-12-5-13-23-34)39(44-26-32-18-8-3-9-19-32)36(47-38)29-43-25-31-16-6-2-7-17-31/h2-24,36,38-41H,25-29H2,1H3/t36-,38+,39-,40+,41+/m1/s1. The van der Waals surface area contributed by atoms with Crippen molar-refractivity contribution in [1.29, 1.82) is 0 Å². The highest BCUT2D eigenvalue weighted by atomic mass is 19.1. The first-order valence-corrected chi connectivity index (χ1v) is 16.1. The van der Waals surface area contributed by atoms with Crippen LogP contribution in [0.5, 0.6) is 0 Å². The maximum absolute atomic E-state index is 15.9. The zero-order valence-electron chi connectivity index (χ0n) is 26.6. The molecule has 0 bridgehead atoms. The van der Waals surface area contributed by atoms with E-state index in [2.05, 4.69) is 0 Å². The van der Waals surface area contributed by atoms with E-state index in [1.807, 2.05) is 127 Å². The fourth-order valence-corrected chi connectivity index (χ4v) is 5.93. The van der Waals surface area contributed by atoms with Gasteiger partial charge in [-0.15, -0.1) is 0 Å². The van der Waals surface area contributed by atoms with E-state index in [1.54, 1.807) is 19.1 Å². The van der Waals surface area contributed by atoms with E-state index in [9.17, 15) is 0 Å². The smallest absolute Gasteiger partial charge is 0.132 e. The summed E-state index contributed by atoms with van der Waals surface area (Å²) in [5.41, 5.74) is 5.03. The van der Waals surface area contributed by atoms with Gasteiger partial charge in [0.05, 0.1) is 33.0 Å². The average molecular weight is 633 g/mol. The molecule has 0 aromatic heterocycles. The molecule has 0 aliphatic carbocycles. The number of benzene rings is 5. The van der Waals surface area contributed by atoms with Crippen molar-refractivity contribution in [3.8, 4) is 0 Å². The fraction of sp³-hybridized carbons (Fsp3) is 0.268. The molecule has 0 spiro atoms. The number of aryl methyl sites for hydroxylation is 1. The second-order valence-electron chi connectivity index (χ2n) is 11.9. The van der Waals surface area contributed by atoms with Crippen molar-refractivity contribution in [3.63, 3.8) is 0 Å². The molecule has 0 amide bonds. The number of halogens is 1. The van der Waals surface area contributed by atoms with Gasteiger partial charge in [0, 0.05) is 5.56 Å². The molecule has 5 atom stereocenters. The molecule has 5 aromatic carbocycles. The van der Waals surface area contributed by atoms with Gasteiger partial charge in [0.1, 0.15) is 36.3 Å². The van der Waals surface area contributed by atoms with Crippen molar-refractivity contribution in [3.05, 3.63) is 179 Å². The van der Waals surface area contributed by atoms with Crippen LogP contribution in [0.4, 0.5) is 4.39 Å². The van der Waals surface area contributed by atoms with Crippen LogP contribution in [0.1, 0.15) is 39.5 Å². The molecule has 0 radical (unpaired) electrons. The van der Waals surface area contributed by atoms with E-state index in [-0.39, 0.29) is 12.4 Å². The van der Waals surface area contributed by atoms with Gasteiger partial charge in [-0.1, -0.05) is 140 Å². The Morgan fingerprint density at radius 1 is 0.511 bits per heavy atom. The zero-order chi connectivity index (χ0) is 32.3. The van der Waals surface area contributed by atoms with Crippen LogP contribution < -0.4 is 0 Å². The Bertz CT molecular complexity index is 1630. The molecule has 5 aromatic rings. The van der Waals surface area contributed by atoms with Gasteiger partial charge >= 0.3 is 0 Å². The minimum absolute atomic E-state index is 0.217. The summed E-state index contributed by atoms with van der Waals surface area (Å²) in [5.74, 6) is -0.319. The van der Waals surface area contributed by atoms with Crippen LogP contribution in [0.25, 0.3) is 0 Å².